The summed E-state index contributed by atoms with van der Waals surface area (Å²) in [5.41, 5.74) is 2.12. The van der Waals surface area contributed by atoms with Crippen molar-refractivity contribution in [1.82, 2.24) is 24.9 Å². The Hall–Kier alpha value is -4.94. The fourth-order valence-electron chi connectivity index (χ4n) is 5.84. The summed E-state index contributed by atoms with van der Waals surface area (Å²) in [5.74, 6) is 0.204. The van der Waals surface area contributed by atoms with E-state index in [1.807, 2.05) is 51.1 Å². The summed E-state index contributed by atoms with van der Waals surface area (Å²) in [6.45, 7) is 6.17. The molecule has 3 heterocycles. The van der Waals surface area contributed by atoms with Crippen LogP contribution in [0.15, 0.2) is 55.0 Å². The lowest BCUT2D eigenvalue weighted by atomic mass is 9.91. The molecule has 2 saturated carbocycles. The SMILES string of the molecule is COc1ccc(CN(c2cc(NC3CCC(NC(=O)OC(C)(C)C)CC3)nn3c(C(=O)Nc4ccncc4F)cnc23)C2CC2)cc1. The molecule has 3 aromatic heterocycles. The van der Waals surface area contributed by atoms with E-state index in [0.29, 0.717) is 24.1 Å². The molecule has 6 rings (SSSR count). The van der Waals surface area contributed by atoms with Crippen molar-refractivity contribution in [1.29, 1.82) is 0 Å². The second kappa shape index (κ2) is 13.4. The normalized spacial score (nSPS) is 18.0. The Morgan fingerprint density at radius 1 is 1.02 bits per heavy atom. The molecule has 12 nitrogen and oxygen atoms in total. The highest BCUT2D eigenvalue weighted by Crippen LogP contribution is 2.37. The van der Waals surface area contributed by atoms with Crippen molar-refractivity contribution in [2.45, 2.75) is 89.6 Å². The van der Waals surface area contributed by atoms with Crippen molar-refractivity contribution in [3.63, 3.8) is 0 Å². The Morgan fingerprint density at radius 2 is 1.74 bits per heavy atom. The van der Waals surface area contributed by atoms with Crippen molar-refractivity contribution in [2.75, 3.05) is 22.6 Å². The number of nitrogens with one attached hydrogen (secondary N) is 3. The Bertz CT molecular complexity index is 1730. The number of halogens is 1. The molecular weight excluding hydrogens is 603 g/mol. The van der Waals surface area contributed by atoms with E-state index < -0.39 is 23.4 Å². The number of nitrogens with zero attached hydrogens (tertiary/aromatic N) is 5. The van der Waals surface area contributed by atoms with Crippen molar-refractivity contribution < 1.29 is 23.5 Å². The number of anilines is 3. The van der Waals surface area contributed by atoms with Gasteiger partial charge in [0.25, 0.3) is 5.91 Å². The Morgan fingerprint density at radius 3 is 2.40 bits per heavy atom. The predicted molar refractivity (Wildman–Crippen MR) is 176 cm³/mol. The number of carbonyl (C=O) groups excluding carboxylic acids is 2. The number of carbonyl (C=O) groups is 2. The van der Waals surface area contributed by atoms with Crippen LogP contribution in [0.3, 0.4) is 0 Å². The maximum atomic E-state index is 14.4. The van der Waals surface area contributed by atoms with Crippen molar-refractivity contribution in [3.05, 3.63) is 72.1 Å². The van der Waals surface area contributed by atoms with Crippen LogP contribution in [0.1, 0.15) is 75.3 Å². The number of pyridine rings is 1. The number of methoxy groups -OCH3 is 1. The van der Waals surface area contributed by atoms with E-state index in [2.05, 4.69) is 30.8 Å². The first-order valence-electron chi connectivity index (χ1n) is 16.0. The summed E-state index contributed by atoms with van der Waals surface area (Å²) in [6.07, 6.45) is 8.80. The molecule has 0 aliphatic heterocycles. The van der Waals surface area contributed by atoms with Gasteiger partial charge in [-0.1, -0.05) is 12.1 Å². The van der Waals surface area contributed by atoms with E-state index in [4.69, 9.17) is 14.6 Å². The number of imidazole rings is 1. The van der Waals surface area contributed by atoms with Crippen molar-refractivity contribution in [3.8, 4) is 5.75 Å². The van der Waals surface area contributed by atoms with E-state index in [1.54, 1.807) is 7.11 Å². The molecule has 2 aliphatic rings. The van der Waals surface area contributed by atoms with Crippen LogP contribution in [0.4, 0.5) is 26.4 Å². The number of hydrogen-bond donors (Lipinski definition) is 3. The fourth-order valence-corrected chi connectivity index (χ4v) is 5.84. The topological polar surface area (TPSA) is 135 Å². The molecule has 4 aromatic rings. The van der Waals surface area contributed by atoms with Crippen molar-refractivity contribution in [2.24, 2.45) is 0 Å². The molecule has 0 atom stereocenters. The lowest BCUT2D eigenvalue weighted by Crippen LogP contribution is -2.42. The third kappa shape index (κ3) is 7.90. The minimum atomic E-state index is -0.637. The molecule has 0 spiro atoms. The molecule has 2 aliphatic carbocycles. The summed E-state index contributed by atoms with van der Waals surface area (Å²) in [6, 6.07) is 11.8. The summed E-state index contributed by atoms with van der Waals surface area (Å²) in [5, 5.41) is 14.0. The predicted octanol–water partition coefficient (Wildman–Crippen LogP) is 5.94. The van der Waals surface area contributed by atoms with Gasteiger partial charge in [-0.2, -0.15) is 0 Å². The lowest BCUT2D eigenvalue weighted by molar-refractivity contribution is 0.0492. The highest BCUT2D eigenvalue weighted by molar-refractivity contribution is 6.03. The monoisotopic (exact) mass is 644 g/mol. The number of rotatable bonds is 10. The molecule has 0 bridgehead atoms. The quantitative estimate of drug-likeness (QED) is 0.192. The Labute approximate surface area is 273 Å². The molecule has 47 heavy (non-hydrogen) atoms. The number of fused-ring (bicyclic) bond motifs is 1. The van der Waals surface area contributed by atoms with Crippen LogP contribution in [-0.2, 0) is 11.3 Å². The Kier molecular flexibility index (Phi) is 9.15. The van der Waals surface area contributed by atoms with Crippen LogP contribution >= 0.6 is 0 Å². The second-order valence-corrected chi connectivity index (χ2v) is 13.1. The van der Waals surface area contributed by atoms with Crippen LogP contribution in [0.2, 0.25) is 0 Å². The van der Waals surface area contributed by atoms with E-state index in [1.165, 1.54) is 23.0 Å². The number of benzene rings is 1. The van der Waals surface area contributed by atoms with Gasteiger partial charge in [-0.15, -0.1) is 5.10 Å². The van der Waals surface area contributed by atoms with E-state index in [0.717, 1.165) is 61.7 Å². The molecule has 0 unspecified atom stereocenters. The lowest BCUT2D eigenvalue weighted by Gasteiger charge is -2.31. The number of amides is 2. The molecule has 0 radical (unpaired) electrons. The van der Waals surface area contributed by atoms with Gasteiger partial charge in [0, 0.05) is 36.9 Å². The molecule has 3 N–H and O–H groups in total. The molecule has 0 saturated heterocycles. The highest BCUT2D eigenvalue weighted by atomic mass is 19.1. The van der Waals surface area contributed by atoms with Gasteiger partial charge in [0.2, 0.25) is 0 Å². The first-order chi connectivity index (χ1) is 22.6. The number of hydrogen-bond acceptors (Lipinski definition) is 9. The van der Waals surface area contributed by atoms with Gasteiger partial charge >= 0.3 is 6.09 Å². The maximum Gasteiger partial charge on any atom is 0.407 e. The molecular formula is C34H41FN8O4. The average molecular weight is 645 g/mol. The summed E-state index contributed by atoms with van der Waals surface area (Å²) in [7, 11) is 1.65. The van der Waals surface area contributed by atoms with E-state index >= 15 is 0 Å². The van der Waals surface area contributed by atoms with Gasteiger partial charge in [-0.25, -0.2) is 18.7 Å². The van der Waals surface area contributed by atoms with Crippen LogP contribution in [-0.4, -0.2) is 62.4 Å². The van der Waals surface area contributed by atoms with Gasteiger partial charge < -0.3 is 30.3 Å². The first-order valence-corrected chi connectivity index (χ1v) is 16.0. The standard InChI is InChI=1S/C34H41FN8O4/c1-34(2,3)47-33(45)39-23-9-7-22(8-10-23)38-30-17-28(42(24-11-12-24)20-21-5-13-25(46-4)14-6-21)31-37-19-29(43(31)41-30)32(44)40-27-15-16-36-18-26(27)35/h5-6,13-19,22-24H,7-12,20H2,1-4H3,(H,38,41)(H,39,45)(H,36,40,44). The molecule has 13 heteroatoms. The van der Waals surface area contributed by atoms with Crippen LogP contribution < -0.4 is 25.6 Å². The van der Waals surface area contributed by atoms with Crippen LogP contribution in [0, 0.1) is 5.82 Å². The number of ether oxygens (including phenoxy) is 2. The van der Waals surface area contributed by atoms with Gasteiger partial charge in [-0.05, 0) is 83.1 Å². The van der Waals surface area contributed by atoms with Gasteiger partial charge in [0.15, 0.2) is 17.2 Å². The Balaban J connectivity index is 1.27. The third-order valence-electron chi connectivity index (χ3n) is 8.31. The smallest absolute Gasteiger partial charge is 0.407 e. The molecule has 1 aromatic carbocycles. The van der Waals surface area contributed by atoms with Gasteiger partial charge in [-0.3, -0.25) is 9.78 Å². The fraction of sp³-hybridized carbons (Fsp3) is 0.441. The minimum absolute atomic E-state index is 0.0188. The molecule has 2 fully saturated rings. The summed E-state index contributed by atoms with van der Waals surface area (Å²) >= 11 is 0. The number of alkyl carbamates (subject to hydrolysis) is 1. The van der Waals surface area contributed by atoms with E-state index in [-0.39, 0.29) is 23.5 Å². The highest BCUT2D eigenvalue weighted by Gasteiger charge is 2.33. The third-order valence-corrected chi connectivity index (χ3v) is 8.31. The zero-order valence-corrected chi connectivity index (χ0v) is 27.1. The van der Waals surface area contributed by atoms with Gasteiger partial charge in [0.1, 0.15) is 17.2 Å². The van der Waals surface area contributed by atoms with Gasteiger partial charge in [0.05, 0.1) is 30.9 Å². The first kappa shape index (κ1) is 32.0. The summed E-state index contributed by atoms with van der Waals surface area (Å²) < 4.78 is 26.7. The maximum absolute atomic E-state index is 14.4. The van der Waals surface area contributed by atoms with Crippen LogP contribution in [0.25, 0.3) is 5.65 Å². The summed E-state index contributed by atoms with van der Waals surface area (Å²) in [4.78, 5) is 36.5. The average Bonchev–Trinajstić information content (AvgIpc) is 3.79. The molecule has 2 amide bonds. The largest absolute Gasteiger partial charge is 0.497 e. The minimum Gasteiger partial charge on any atom is -0.497 e. The number of aromatic nitrogens is 4. The zero-order chi connectivity index (χ0) is 33.1. The van der Waals surface area contributed by atoms with Crippen molar-refractivity contribution >= 4 is 34.8 Å². The second-order valence-electron chi connectivity index (χ2n) is 13.1. The molecule has 248 valence electrons. The van der Waals surface area contributed by atoms with Crippen LogP contribution in [0.5, 0.6) is 5.75 Å². The zero-order valence-electron chi connectivity index (χ0n) is 27.1. The van der Waals surface area contributed by atoms with E-state index in [9.17, 15) is 14.0 Å².